The predicted octanol–water partition coefficient (Wildman–Crippen LogP) is 3.47. The minimum absolute atomic E-state index is 0.101. The van der Waals surface area contributed by atoms with Crippen molar-refractivity contribution in [3.05, 3.63) is 87.0 Å². The summed E-state index contributed by atoms with van der Waals surface area (Å²) in [6.07, 6.45) is 0.101. The molecule has 164 valence electrons. The normalized spacial score (nSPS) is 15.1. The largest absolute Gasteiger partial charge is 0.465 e. The van der Waals surface area contributed by atoms with Crippen molar-refractivity contribution in [2.45, 2.75) is 23.2 Å². The number of aromatic nitrogens is 2. The van der Waals surface area contributed by atoms with Gasteiger partial charge in [-0.15, -0.1) is 0 Å². The zero-order chi connectivity index (χ0) is 22.8. The van der Waals surface area contributed by atoms with Crippen LogP contribution in [0.4, 0.5) is 10.2 Å². The lowest BCUT2D eigenvalue weighted by Crippen LogP contribution is -2.33. The highest BCUT2D eigenvalue weighted by atomic mass is 32.2. The number of carbonyl (C=O) groups excluding carboxylic acids is 2. The van der Waals surface area contributed by atoms with Gasteiger partial charge < -0.3 is 14.6 Å². The van der Waals surface area contributed by atoms with Gasteiger partial charge in [0, 0.05) is 25.1 Å². The molecule has 0 saturated carbocycles. The van der Waals surface area contributed by atoms with Gasteiger partial charge in [-0.1, -0.05) is 36.0 Å². The first-order valence-corrected chi connectivity index (χ1v) is 10.8. The quantitative estimate of drug-likeness (QED) is 0.361. The molecule has 0 radical (unpaired) electrons. The van der Waals surface area contributed by atoms with Crippen LogP contribution in [-0.4, -0.2) is 28.5 Å². The summed E-state index contributed by atoms with van der Waals surface area (Å²) in [6, 6.07) is 12.8. The van der Waals surface area contributed by atoms with E-state index in [9.17, 15) is 18.8 Å². The fourth-order valence-corrected chi connectivity index (χ4v) is 4.57. The number of halogens is 1. The van der Waals surface area contributed by atoms with E-state index in [1.54, 1.807) is 48.0 Å². The van der Waals surface area contributed by atoms with Crippen molar-refractivity contribution < 1.29 is 18.7 Å². The average molecular weight is 453 g/mol. The summed E-state index contributed by atoms with van der Waals surface area (Å²) in [4.78, 5) is 41.4. The number of hydrogen-bond donors (Lipinski definition) is 1. The fourth-order valence-electron chi connectivity index (χ4n) is 3.65. The van der Waals surface area contributed by atoms with Crippen LogP contribution in [0.2, 0.25) is 0 Å². The standard InChI is InChI=1S/C23H20FN3O4S/c1-27-20-19(21(29)26-23(27)32-12-13-3-9-16(24)10-4-13)17(11-18(28)25-20)14-5-7-15(8-6-14)22(30)31-2/h3-10,17H,11-12H2,1-2H3,(H,25,28)/t17-/m1/s1. The number of nitrogens with one attached hydrogen (secondary N) is 1. The third-order valence-corrected chi connectivity index (χ3v) is 6.42. The number of benzene rings is 2. The van der Waals surface area contributed by atoms with Gasteiger partial charge in [0.2, 0.25) is 5.91 Å². The van der Waals surface area contributed by atoms with Gasteiger partial charge in [-0.2, -0.15) is 4.98 Å². The molecule has 1 N–H and O–H groups in total. The van der Waals surface area contributed by atoms with Crippen LogP contribution in [0.3, 0.4) is 0 Å². The van der Waals surface area contributed by atoms with Crippen molar-refractivity contribution in [3.8, 4) is 0 Å². The first-order valence-electron chi connectivity index (χ1n) is 9.83. The van der Waals surface area contributed by atoms with E-state index in [4.69, 9.17) is 4.74 Å². The second-order valence-corrected chi connectivity index (χ2v) is 8.30. The summed E-state index contributed by atoms with van der Waals surface area (Å²) < 4.78 is 19.5. The molecule has 7 nitrogen and oxygen atoms in total. The Morgan fingerprint density at radius 1 is 1.19 bits per heavy atom. The summed E-state index contributed by atoms with van der Waals surface area (Å²) >= 11 is 1.33. The zero-order valence-electron chi connectivity index (χ0n) is 17.4. The van der Waals surface area contributed by atoms with Gasteiger partial charge >= 0.3 is 5.97 Å². The van der Waals surface area contributed by atoms with E-state index in [1.807, 2.05) is 0 Å². The van der Waals surface area contributed by atoms with Gasteiger partial charge in [0.1, 0.15) is 11.6 Å². The summed E-state index contributed by atoms with van der Waals surface area (Å²) in [5.74, 6) is -0.566. The molecule has 4 rings (SSSR count). The number of nitrogens with zero attached hydrogens (tertiary/aromatic N) is 2. The molecule has 1 amide bonds. The fraction of sp³-hybridized carbons (Fsp3) is 0.217. The maximum atomic E-state index is 13.1. The SMILES string of the molecule is COC(=O)c1ccc([C@H]2CC(=O)Nc3c2c(=O)nc(SCc2ccc(F)cc2)n3C)cc1. The Bertz CT molecular complexity index is 1240. The topological polar surface area (TPSA) is 90.3 Å². The van der Waals surface area contributed by atoms with Gasteiger partial charge in [0.15, 0.2) is 5.16 Å². The molecule has 0 aliphatic carbocycles. The second-order valence-electron chi connectivity index (χ2n) is 7.35. The maximum absolute atomic E-state index is 13.1. The van der Waals surface area contributed by atoms with E-state index < -0.39 is 17.4 Å². The summed E-state index contributed by atoms with van der Waals surface area (Å²) in [6.45, 7) is 0. The molecule has 0 fully saturated rings. The Morgan fingerprint density at radius 3 is 2.53 bits per heavy atom. The van der Waals surface area contributed by atoms with Gasteiger partial charge in [0.05, 0.1) is 18.2 Å². The molecule has 0 spiro atoms. The third kappa shape index (κ3) is 4.29. The molecular weight excluding hydrogens is 433 g/mol. The monoisotopic (exact) mass is 453 g/mol. The molecule has 0 unspecified atom stereocenters. The van der Waals surface area contributed by atoms with Gasteiger partial charge in [-0.25, -0.2) is 9.18 Å². The van der Waals surface area contributed by atoms with Crippen LogP contribution in [0.25, 0.3) is 0 Å². The highest BCUT2D eigenvalue weighted by Crippen LogP contribution is 2.36. The van der Waals surface area contributed by atoms with E-state index in [0.29, 0.717) is 27.9 Å². The van der Waals surface area contributed by atoms with Gasteiger partial charge in [0.25, 0.3) is 5.56 Å². The number of esters is 1. The number of ether oxygens (including phenoxy) is 1. The number of anilines is 1. The molecule has 1 aliphatic heterocycles. The van der Waals surface area contributed by atoms with E-state index >= 15 is 0 Å². The summed E-state index contributed by atoms with van der Waals surface area (Å²) in [5, 5.41) is 3.25. The molecule has 32 heavy (non-hydrogen) atoms. The third-order valence-electron chi connectivity index (χ3n) is 5.32. The number of rotatable bonds is 5. The number of amides is 1. The van der Waals surface area contributed by atoms with E-state index in [1.165, 1.54) is 31.0 Å². The summed E-state index contributed by atoms with van der Waals surface area (Å²) in [7, 11) is 3.04. The maximum Gasteiger partial charge on any atom is 0.337 e. The zero-order valence-corrected chi connectivity index (χ0v) is 18.2. The molecule has 2 aromatic carbocycles. The van der Waals surface area contributed by atoms with Crippen LogP contribution in [0.15, 0.2) is 58.5 Å². The van der Waals surface area contributed by atoms with Crippen molar-refractivity contribution in [2.24, 2.45) is 7.05 Å². The Hall–Kier alpha value is -3.46. The van der Waals surface area contributed by atoms with Crippen LogP contribution < -0.4 is 10.9 Å². The van der Waals surface area contributed by atoms with Crippen LogP contribution >= 0.6 is 11.8 Å². The number of thioether (sulfide) groups is 1. The van der Waals surface area contributed by atoms with Crippen LogP contribution in [-0.2, 0) is 22.3 Å². The second kappa shape index (κ2) is 8.96. The first kappa shape index (κ1) is 21.8. The van der Waals surface area contributed by atoms with Crippen molar-refractivity contribution in [1.82, 2.24) is 9.55 Å². The highest BCUT2D eigenvalue weighted by Gasteiger charge is 2.32. The molecule has 1 aromatic heterocycles. The number of methoxy groups -OCH3 is 1. The highest BCUT2D eigenvalue weighted by molar-refractivity contribution is 7.98. The molecule has 3 aromatic rings. The Labute approximate surface area is 187 Å². The first-order chi connectivity index (χ1) is 15.4. The molecule has 1 aliphatic rings. The molecular formula is C23H20FN3O4S. The smallest absolute Gasteiger partial charge is 0.337 e. The van der Waals surface area contributed by atoms with Gasteiger partial charge in [-0.05, 0) is 35.4 Å². The number of carbonyl (C=O) groups is 2. The van der Waals surface area contributed by atoms with Crippen LogP contribution in [0.1, 0.15) is 39.4 Å². The minimum Gasteiger partial charge on any atom is -0.465 e. The van der Waals surface area contributed by atoms with Crippen molar-refractivity contribution in [1.29, 1.82) is 0 Å². The molecule has 0 bridgehead atoms. The van der Waals surface area contributed by atoms with Crippen molar-refractivity contribution in [3.63, 3.8) is 0 Å². The summed E-state index contributed by atoms with van der Waals surface area (Å²) in [5.41, 5.74) is 2.00. The Morgan fingerprint density at radius 2 is 1.88 bits per heavy atom. The molecule has 2 heterocycles. The predicted molar refractivity (Wildman–Crippen MR) is 118 cm³/mol. The lowest BCUT2D eigenvalue weighted by Gasteiger charge is -2.27. The molecule has 1 atom stereocenters. The van der Waals surface area contributed by atoms with E-state index in [-0.39, 0.29) is 18.1 Å². The lowest BCUT2D eigenvalue weighted by atomic mass is 9.86. The van der Waals surface area contributed by atoms with E-state index in [2.05, 4.69) is 10.3 Å². The molecule has 9 heteroatoms. The number of hydrogen-bond acceptors (Lipinski definition) is 6. The number of fused-ring (bicyclic) bond motifs is 1. The average Bonchev–Trinajstić information content (AvgIpc) is 2.80. The molecule has 0 saturated heterocycles. The van der Waals surface area contributed by atoms with Crippen LogP contribution in [0.5, 0.6) is 0 Å². The van der Waals surface area contributed by atoms with Gasteiger partial charge in [-0.3, -0.25) is 9.59 Å². The Kier molecular flexibility index (Phi) is 6.09. The van der Waals surface area contributed by atoms with Crippen molar-refractivity contribution in [2.75, 3.05) is 12.4 Å². The lowest BCUT2D eigenvalue weighted by molar-refractivity contribution is -0.116. The van der Waals surface area contributed by atoms with E-state index in [0.717, 1.165) is 11.1 Å². The minimum atomic E-state index is -0.479. The van der Waals surface area contributed by atoms with Crippen LogP contribution in [0, 0.1) is 5.82 Å². The Balaban J connectivity index is 1.67. The van der Waals surface area contributed by atoms with Crippen molar-refractivity contribution >= 4 is 29.5 Å².